The standard InChI is InChI=1S/C20H34N4O5/c1-11(2)8-29-20(27)15(22)5-4-6-23-18(25)16(7-12(3)21)24-19(26)17-13-9-28-10-14(13)17/h11,13-17,21H,4-10,22H2,1-3H3,(H,23,25)(H,24,26)/t13-,14+,15-,16-,17?/m0/s1. The number of esters is 1. The minimum Gasteiger partial charge on any atom is -0.464 e. The van der Waals surface area contributed by atoms with E-state index in [1.165, 1.54) is 0 Å². The van der Waals surface area contributed by atoms with Crippen molar-refractivity contribution in [2.75, 3.05) is 26.4 Å². The predicted octanol–water partition coefficient (Wildman–Crippen LogP) is 0.216. The first-order valence-corrected chi connectivity index (χ1v) is 10.3. The molecule has 1 saturated heterocycles. The molecule has 29 heavy (non-hydrogen) atoms. The van der Waals surface area contributed by atoms with Gasteiger partial charge in [-0.15, -0.1) is 0 Å². The van der Waals surface area contributed by atoms with Gasteiger partial charge in [0.2, 0.25) is 11.8 Å². The van der Waals surface area contributed by atoms with E-state index in [1.807, 2.05) is 13.8 Å². The van der Waals surface area contributed by atoms with Crippen LogP contribution in [-0.4, -0.2) is 61.9 Å². The smallest absolute Gasteiger partial charge is 0.322 e. The fraction of sp³-hybridized carbons (Fsp3) is 0.800. The summed E-state index contributed by atoms with van der Waals surface area (Å²) in [4.78, 5) is 36.7. The van der Waals surface area contributed by atoms with Crippen molar-refractivity contribution in [1.82, 2.24) is 10.6 Å². The van der Waals surface area contributed by atoms with Crippen LogP contribution in [0.15, 0.2) is 0 Å². The Balaban J connectivity index is 1.71. The monoisotopic (exact) mass is 410 g/mol. The molecule has 5 atom stereocenters. The lowest BCUT2D eigenvalue weighted by molar-refractivity contribution is -0.146. The van der Waals surface area contributed by atoms with Gasteiger partial charge in [-0.3, -0.25) is 14.4 Å². The van der Waals surface area contributed by atoms with Crippen molar-refractivity contribution in [3.05, 3.63) is 0 Å². The maximum atomic E-state index is 12.5. The summed E-state index contributed by atoms with van der Waals surface area (Å²) in [5, 5.41) is 13.2. The molecule has 2 aliphatic rings. The van der Waals surface area contributed by atoms with E-state index < -0.39 is 18.1 Å². The third-order valence-electron chi connectivity index (χ3n) is 5.25. The van der Waals surface area contributed by atoms with E-state index >= 15 is 0 Å². The van der Waals surface area contributed by atoms with Crippen molar-refractivity contribution in [2.45, 2.75) is 52.1 Å². The van der Waals surface area contributed by atoms with E-state index in [1.54, 1.807) is 6.92 Å². The summed E-state index contributed by atoms with van der Waals surface area (Å²) in [6.45, 7) is 7.37. The van der Waals surface area contributed by atoms with Crippen LogP contribution in [0.2, 0.25) is 0 Å². The van der Waals surface area contributed by atoms with E-state index in [0.29, 0.717) is 44.9 Å². The molecule has 9 heteroatoms. The largest absolute Gasteiger partial charge is 0.464 e. The van der Waals surface area contributed by atoms with Gasteiger partial charge < -0.3 is 31.3 Å². The van der Waals surface area contributed by atoms with Crippen molar-refractivity contribution in [2.24, 2.45) is 29.4 Å². The first-order chi connectivity index (χ1) is 13.7. The van der Waals surface area contributed by atoms with Crippen LogP contribution in [-0.2, 0) is 23.9 Å². The Labute approximate surface area is 171 Å². The molecule has 0 aromatic heterocycles. The number of fused-ring (bicyclic) bond motifs is 1. The van der Waals surface area contributed by atoms with Gasteiger partial charge in [-0.2, -0.15) is 0 Å². The summed E-state index contributed by atoms with van der Waals surface area (Å²) in [7, 11) is 0. The number of rotatable bonds is 12. The fourth-order valence-electron chi connectivity index (χ4n) is 3.54. The van der Waals surface area contributed by atoms with Crippen LogP contribution in [0.25, 0.3) is 0 Å². The number of amides is 2. The molecular formula is C20H34N4O5. The van der Waals surface area contributed by atoms with Crippen LogP contribution in [0.1, 0.15) is 40.0 Å². The first-order valence-electron chi connectivity index (χ1n) is 10.3. The number of hydrogen-bond donors (Lipinski definition) is 4. The van der Waals surface area contributed by atoms with Gasteiger partial charge >= 0.3 is 5.97 Å². The number of nitrogens with one attached hydrogen (secondary N) is 3. The Hall–Kier alpha value is -2.00. The van der Waals surface area contributed by atoms with Crippen LogP contribution in [0.3, 0.4) is 0 Å². The molecule has 2 amide bonds. The van der Waals surface area contributed by atoms with Gasteiger partial charge in [-0.25, -0.2) is 0 Å². The minimum atomic E-state index is -0.771. The molecule has 5 N–H and O–H groups in total. The molecule has 0 spiro atoms. The number of nitrogens with two attached hydrogens (primary N) is 1. The first kappa shape index (κ1) is 23.3. The van der Waals surface area contributed by atoms with Crippen LogP contribution in [0.5, 0.6) is 0 Å². The average molecular weight is 411 g/mol. The molecule has 1 aliphatic carbocycles. The summed E-state index contributed by atoms with van der Waals surface area (Å²) in [6.07, 6.45) is 1.07. The number of ether oxygens (including phenoxy) is 2. The maximum Gasteiger partial charge on any atom is 0.322 e. The van der Waals surface area contributed by atoms with Gasteiger partial charge in [-0.1, -0.05) is 13.8 Å². The van der Waals surface area contributed by atoms with Gasteiger partial charge in [0.25, 0.3) is 0 Å². The lowest BCUT2D eigenvalue weighted by atomic mass is 10.1. The summed E-state index contributed by atoms with van der Waals surface area (Å²) >= 11 is 0. The topological polar surface area (TPSA) is 144 Å². The normalized spacial score (nSPS) is 24.4. The van der Waals surface area contributed by atoms with E-state index in [2.05, 4.69) is 10.6 Å². The van der Waals surface area contributed by atoms with Crippen molar-refractivity contribution in [3.8, 4) is 0 Å². The van der Waals surface area contributed by atoms with Crippen molar-refractivity contribution < 1.29 is 23.9 Å². The molecule has 1 unspecified atom stereocenters. The lowest BCUT2D eigenvalue weighted by Gasteiger charge is -2.19. The molecular weight excluding hydrogens is 376 g/mol. The van der Waals surface area contributed by atoms with Gasteiger partial charge in [0, 0.05) is 24.6 Å². The van der Waals surface area contributed by atoms with Gasteiger partial charge in [-0.05, 0) is 37.5 Å². The highest BCUT2D eigenvalue weighted by Crippen LogP contribution is 2.50. The molecule has 0 bridgehead atoms. The molecule has 2 rings (SSSR count). The highest BCUT2D eigenvalue weighted by atomic mass is 16.5. The number of carbonyl (C=O) groups is 3. The zero-order valence-electron chi connectivity index (χ0n) is 17.5. The summed E-state index contributed by atoms with van der Waals surface area (Å²) in [5.74, 6) is -0.220. The fourth-order valence-corrected chi connectivity index (χ4v) is 3.54. The molecule has 2 fully saturated rings. The van der Waals surface area contributed by atoms with E-state index in [4.69, 9.17) is 20.6 Å². The van der Waals surface area contributed by atoms with Gasteiger partial charge in [0.15, 0.2) is 0 Å². The van der Waals surface area contributed by atoms with Crippen LogP contribution in [0, 0.1) is 29.1 Å². The molecule has 1 aliphatic heterocycles. The second-order valence-electron chi connectivity index (χ2n) is 8.50. The van der Waals surface area contributed by atoms with Crippen molar-refractivity contribution in [3.63, 3.8) is 0 Å². The number of carbonyl (C=O) groups excluding carboxylic acids is 3. The zero-order chi connectivity index (χ0) is 21.6. The second-order valence-corrected chi connectivity index (χ2v) is 8.50. The lowest BCUT2D eigenvalue weighted by Crippen LogP contribution is -2.48. The van der Waals surface area contributed by atoms with Crippen LogP contribution in [0.4, 0.5) is 0 Å². The highest BCUT2D eigenvalue weighted by molar-refractivity contribution is 5.93. The molecule has 1 heterocycles. The molecule has 164 valence electrons. The molecule has 9 nitrogen and oxygen atoms in total. The Morgan fingerprint density at radius 3 is 2.48 bits per heavy atom. The Kier molecular flexibility index (Phi) is 8.58. The highest BCUT2D eigenvalue weighted by Gasteiger charge is 2.58. The third-order valence-corrected chi connectivity index (χ3v) is 5.25. The molecule has 1 saturated carbocycles. The summed E-state index contributed by atoms with van der Waals surface area (Å²) in [5.41, 5.74) is 6.13. The summed E-state index contributed by atoms with van der Waals surface area (Å²) in [6, 6.07) is -1.49. The van der Waals surface area contributed by atoms with E-state index in [9.17, 15) is 14.4 Å². The SMILES string of the molecule is CC(=N)C[C@H](NC(=O)C1[C@H]2COC[C@@H]12)C(=O)NCCC[C@H](N)C(=O)OCC(C)C. The Morgan fingerprint density at radius 2 is 1.90 bits per heavy atom. The molecule has 0 aromatic carbocycles. The number of hydrogen-bond acceptors (Lipinski definition) is 7. The third kappa shape index (κ3) is 7.08. The van der Waals surface area contributed by atoms with E-state index in [0.717, 1.165) is 0 Å². The van der Waals surface area contributed by atoms with Crippen LogP contribution < -0.4 is 16.4 Å². The Bertz CT molecular complexity index is 614. The van der Waals surface area contributed by atoms with Crippen molar-refractivity contribution in [1.29, 1.82) is 5.41 Å². The predicted molar refractivity (Wildman–Crippen MR) is 107 cm³/mol. The van der Waals surface area contributed by atoms with Gasteiger partial charge in [0.05, 0.1) is 19.8 Å². The summed E-state index contributed by atoms with van der Waals surface area (Å²) < 4.78 is 10.4. The minimum absolute atomic E-state index is 0.0834. The quantitative estimate of drug-likeness (QED) is 0.206. The van der Waals surface area contributed by atoms with Crippen molar-refractivity contribution >= 4 is 23.5 Å². The molecule has 0 aromatic rings. The maximum absolute atomic E-state index is 12.5. The Morgan fingerprint density at radius 1 is 1.24 bits per heavy atom. The molecule has 0 radical (unpaired) electrons. The van der Waals surface area contributed by atoms with E-state index in [-0.39, 0.29) is 41.9 Å². The van der Waals surface area contributed by atoms with Crippen LogP contribution >= 0.6 is 0 Å². The zero-order valence-corrected chi connectivity index (χ0v) is 17.5. The van der Waals surface area contributed by atoms with Gasteiger partial charge in [0.1, 0.15) is 12.1 Å². The second kappa shape index (κ2) is 10.7. The average Bonchev–Trinajstić information content (AvgIpc) is 3.14.